The Morgan fingerprint density at radius 1 is 1.60 bits per heavy atom. The maximum Gasteiger partial charge on any atom is 0.218 e. The van der Waals surface area contributed by atoms with Crippen molar-refractivity contribution in [2.75, 3.05) is 13.7 Å². The van der Waals surface area contributed by atoms with Crippen molar-refractivity contribution in [2.45, 2.75) is 19.6 Å². The highest BCUT2D eigenvalue weighted by molar-refractivity contribution is 9.10. The van der Waals surface area contributed by atoms with E-state index < -0.39 is 0 Å². The first-order valence-corrected chi connectivity index (χ1v) is 5.46. The van der Waals surface area contributed by atoms with E-state index in [1.165, 1.54) is 0 Å². The summed E-state index contributed by atoms with van der Waals surface area (Å²) >= 11 is 3.34. The largest absolute Gasteiger partial charge is 0.472 e. The summed E-state index contributed by atoms with van der Waals surface area (Å²) in [5.74, 6) is 0.574. The van der Waals surface area contributed by atoms with Gasteiger partial charge in [0.2, 0.25) is 5.88 Å². The number of hydrogen-bond acceptors (Lipinski definition) is 4. The highest BCUT2D eigenvalue weighted by Gasteiger charge is 2.09. The van der Waals surface area contributed by atoms with E-state index in [1.807, 2.05) is 13.0 Å². The van der Waals surface area contributed by atoms with E-state index in [1.54, 1.807) is 13.3 Å². The van der Waals surface area contributed by atoms with E-state index >= 15 is 0 Å². The third-order valence-corrected chi connectivity index (χ3v) is 2.26. The number of ether oxygens (including phenoxy) is 2. The fraction of sp³-hybridized carbons (Fsp3) is 0.500. The number of halogens is 1. The Balaban J connectivity index is 2.75. The lowest BCUT2D eigenvalue weighted by Gasteiger charge is -2.15. The molecule has 2 N–H and O–H groups in total. The summed E-state index contributed by atoms with van der Waals surface area (Å²) in [4.78, 5) is 4.17. The molecule has 0 radical (unpaired) electrons. The van der Waals surface area contributed by atoms with Crippen LogP contribution in [-0.2, 0) is 11.3 Å². The van der Waals surface area contributed by atoms with Crippen LogP contribution in [0, 0.1) is 0 Å². The van der Waals surface area contributed by atoms with Crippen molar-refractivity contribution in [3.05, 3.63) is 22.3 Å². The molecule has 0 aliphatic rings. The first-order chi connectivity index (χ1) is 7.17. The first kappa shape index (κ1) is 12.4. The van der Waals surface area contributed by atoms with E-state index in [9.17, 15) is 0 Å². The molecule has 0 aliphatic heterocycles. The van der Waals surface area contributed by atoms with E-state index in [-0.39, 0.29) is 6.10 Å². The van der Waals surface area contributed by atoms with Crippen molar-refractivity contribution in [1.29, 1.82) is 0 Å². The lowest BCUT2D eigenvalue weighted by atomic mass is 10.3. The zero-order chi connectivity index (χ0) is 11.3. The summed E-state index contributed by atoms with van der Waals surface area (Å²) < 4.78 is 11.5. The number of methoxy groups -OCH3 is 1. The van der Waals surface area contributed by atoms with E-state index in [0.29, 0.717) is 19.0 Å². The van der Waals surface area contributed by atoms with Gasteiger partial charge in [0.25, 0.3) is 0 Å². The fourth-order valence-electron chi connectivity index (χ4n) is 1.18. The van der Waals surface area contributed by atoms with Gasteiger partial charge in [-0.25, -0.2) is 4.98 Å². The van der Waals surface area contributed by atoms with Crippen LogP contribution in [0.25, 0.3) is 0 Å². The number of aromatic nitrogens is 1. The molecule has 15 heavy (non-hydrogen) atoms. The summed E-state index contributed by atoms with van der Waals surface area (Å²) in [7, 11) is 1.64. The van der Waals surface area contributed by atoms with Crippen molar-refractivity contribution < 1.29 is 9.47 Å². The highest BCUT2D eigenvalue weighted by atomic mass is 79.9. The molecule has 1 atom stereocenters. The minimum absolute atomic E-state index is 0.0334. The van der Waals surface area contributed by atoms with Crippen LogP contribution in [0.2, 0.25) is 0 Å². The Morgan fingerprint density at radius 3 is 2.93 bits per heavy atom. The van der Waals surface area contributed by atoms with Crippen molar-refractivity contribution in [1.82, 2.24) is 4.98 Å². The average Bonchev–Trinajstić information content (AvgIpc) is 2.21. The molecule has 1 heterocycles. The van der Waals surface area contributed by atoms with Gasteiger partial charge in [-0.2, -0.15) is 0 Å². The van der Waals surface area contributed by atoms with Crippen molar-refractivity contribution in [3.63, 3.8) is 0 Å². The van der Waals surface area contributed by atoms with Gasteiger partial charge in [-0.1, -0.05) is 0 Å². The molecule has 0 saturated carbocycles. The van der Waals surface area contributed by atoms with Crippen LogP contribution in [0.15, 0.2) is 16.7 Å². The Labute approximate surface area is 97.9 Å². The summed E-state index contributed by atoms with van der Waals surface area (Å²) in [6, 6.07) is 1.90. The molecule has 84 valence electrons. The number of pyridine rings is 1. The van der Waals surface area contributed by atoms with E-state index in [2.05, 4.69) is 20.9 Å². The van der Waals surface area contributed by atoms with E-state index in [0.717, 1.165) is 10.0 Å². The molecule has 0 fully saturated rings. The van der Waals surface area contributed by atoms with E-state index in [4.69, 9.17) is 15.2 Å². The predicted molar refractivity (Wildman–Crippen MR) is 61.8 cm³/mol. The van der Waals surface area contributed by atoms with Crippen molar-refractivity contribution >= 4 is 15.9 Å². The monoisotopic (exact) mass is 274 g/mol. The molecule has 1 unspecified atom stereocenters. The Kier molecular flexibility index (Phi) is 5.01. The van der Waals surface area contributed by atoms with Crippen LogP contribution >= 0.6 is 15.9 Å². The van der Waals surface area contributed by atoms with Crippen LogP contribution in [0.5, 0.6) is 5.88 Å². The second-order valence-electron chi connectivity index (χ2n) is 3.21. The molecule has 1 aromatic rings. The lowest BCUT2D eigenvalue weighted by Crippen LogP contribution is -2.19. The topological polar surface area (TPSA) is 57.4 Å². The number of hydrogen-bond donors (Lipinski definition) is 1. The molecule has 1 rings (SSSR count). The standard InChI is InChI=1S/C10H15BrN2O2/c1-7(6-14-2)15-10-8(4-12)3-9(11)5-13-10/h3,5,7H,4,6,12H2,1-2H3. The average molecular weight is 275 g/mol. The molecular formula is C10H15BrN2O2. The second kappa shape index (κ2) is 6.05. The lowest BCUT2D eigenvalue weighted by molar-refractivity contribution is 0.0882. The summed E-state index contributed by atoms with van der Waals surface area (Å²) in [6.45, 7) is 2.86. The van der Waals surface area contributed by atoms with Gasteiger partial charge in [-0.3, -0.25) is 0 Å². The minimum Gasteiger partial charge on any atom is -0.472 e. The van der Waals surface area contributed by atoms with Gasteiger partial charge in [0, 0.05) is 29.9 Å². The van der Waals surface area contributed by atoms with Gasteiger partial charge >= 0.3 is 0 Å². The fourth-order valence-corrected chi connectivity index (χ4v) is 1.56. The van der Waals surface area contributed by atoms with Crippen LogP contribution < -0.4 is 10.5 Å². The number of nitrogens with two attached hydrogens (primary N) is 1. The molecule has 0 spiro atoms. The maximum atomic E-state index is 5.60. The van der Waals surface area contributed by atoms with Gasteiger partial charge in [0.15, 0.2) is 0 Å². The molecule has 0 aromatic carbocycles. The molecule has 0 amide bonds. The van der Waals surface area contributed by atoms with Crippen molar-refractivity contribution in [3.8, 4) is 5.88 Å². The molecule has 0 saturated heterocycles. The SMILES string of the molecule is COCC(C)Oc1ncc(Br)cc1CN. The summed E-state index contributed by atoms with van der Waals surface area (Å²) in [5, 5.41) is 0. The van der Waals surface area contributed by atoms with Gasteiger partial charge in [-0.15, -0.1) is 0 Å². The molecule has 4 nitrogen and oxygen atoms in total. The Morgan fingerprint density at radius 2 is 2.33 bits per heavy atom. The number of rotatable bonds is 5. The number of nitrogens with zero attached hydrogens (tertiary/aromatic N) is 1. The first-order valence-electron chi connectivity index (χ1n) is 4.67. The molecule has 0 bridgehead atoms. The van der Waals surface area contributed by atoms with Crippen LogP contribution in [0.3, 0.4) is 0 Å². The highest BCUT2D eigenvalue weighted by Crippen LogP contribution is 2.20. The zero-order valence-electron chi connectivity index (χ0n) is 8.87. The third kappa shape index (κ3) is 3.77. The second-order valence-corrected chi connectivity index (χ2v) is 4.12. The minimum atomic E-state index is -0.0334. The van der Waals surface area contributed by atoms with Gasteiger partial charge in [-0.05, 0) is 28.9 Å². The summed E-state index contributed by atoms with van der Waals surface area (Å²) in [5.41, 5.74) is 6.48. The smallest absolute Gasteiger partial charge is 0.218 e. The third-order valence-electron chi connectivity index (χ3n) is 1.83. The normalized spacial score (nSPS) is 12.5. The Bertz CT molecular complexity index is 320. The summed E-state index contributed by atoms with van der Waals surface area (Å²) in [6.07, 6.45) is 1.66. The Hall–Kier alpha value is -0.650. The molecule has 1 aromatic heterocycles. The molecule has 5 heteroatoms. The van der Waals surface area contributed by atoms with Gasteiger partial charge in [0.1, 0.15) is 6.10 Å². The molecule has 0 aliphatic carbocycles. The van der Waals surface area contributed by atoms with Crippen LogP contribution in [-0.4, -0.2) is 24.8 Å². The zero-order valence-corrected chi connectivity index (χ0v) is 10.5. The molecular weight excluding hydrogens is 260 g/mol. The van der Waals surface area contributed by atoms with Crippen LogP contribution in [0.4, 0.5) is 0 Å². The van der Waals surface area contributed by atoms with Crippen LogP contribution in [0.1, 0.15) is 12.5 Å². The van der Waals surface area contributed by atoms with Gasteiger partial charge in [0.05, 0.1) is 6.61 Å². The van der Waals surface area contributed by atoms with Crippen molar-refractivity contribution in [2.24, 2.45) is 5.73 Å². The maximum absolute atomic E-state index is 5.60. The quantitative estimate of drug-likeness (QED) is 0.888. The van der Waals surface area contributed by atoms with Gasteiger partial charge < -0.3 is 15.2 Å². The predicted octanol–water partition coefficient (Wildman–Crippen LogP) is 1.72.